The van der Waals surface area contributed by atoms with Crippen LogP contribution in [0.1, 0.15) is 32.1 Å². The molecule has 0 radical (unpaired) electrons. The third-order valence-corrected chi connectivity index (χ3v) is 4.08. The Kier molecular flexibility index (Phi) is 4.65. The number of carbonyl (C=O) groups is 1. The molecule has 1 unspecified atom stereocenters. The van der Waals surface area contributed by atoms with E-state index in [-0.39, 0.29) is 17.6 Å². The third kappa shape index (κ3) is 3.33. The van der Waals surface area contributed by atoms with Crippen LogP contribution in [-0.2, 0) is 14.3 Å². The van der Waals surface area contributed by atoms with Crippen molar-refractivity contribution in [3.63, 3.8) is 0 Å². The zero-order valence-corrected chi connectivity index (χ0v) is 10.8. The Morgan fingerprint density at radius 2 is 2.06 bits per heavy atom. The van der Waals surface area contributed by atoms with E-state index in [1.54, 1.807) is 0 Å². The molecule has 4 nitrogen and oxygen atoms in total. The summed E-state index contributed by atoms with van der Waals surface area (Å²) in [4.78, 5) is 12.1. The van der Waals surface area contributed by atoms with Gasteiger partial charge in [0.2, 0.25) is 5.91 Å². The van der Waals surface area contributed by atoms with Crippen LogP contribution in [0.2, 0.25) is 0 Å². The summed E-state index contributed by atoms with van der Waals surface area (Å²) in [6.07, 6.45) is 4.23. The van der Waals surface area contributed by atoms with Gasteiger partial charge in [-0.3, -0.25) is 4.79 Å². The SMILES string of the molecule is O=C(NC1(CCl)CCOCC1)C1CCCCO1. The van der Waals surface area contributed by atoms with Crippen molar-refractivity contribution in [1.29, 1.82) is 0 Å². The number of carbonyl (C=O) groups excluding carboxylic acids is 1. The lowest BCUT2D eigenvalue weighted by molar-refractivity contribution is -0.138. The highest BCUT2D eigenvalue weighted by atomic mass is 35.5. The summed E-state index contributed by atoms with van der Waals surface area (Å²) in [7, 11) is 0. The summed E-state index contributed by atoms with van der Waals surface area (Å²) in [5.41, 5.74) is -0.294. The van der Waals surface area contributed by atoms with Crippen LogP contribution in [0.5, 0.6) is 0 Å². The van der Waals surface area contributed by atoms with Gasteiger partial charge in [0.05, 0.1) is 5.54 Å². The number of halogens is 1. The molecule has 0 aromatic heterocycles. The van der Waals surface area contributed by atoms with Crippen molar-refractivity contribution in [1.82, 2.24) is 5.32 Å². The Labute approximate surface area is 107 Å². The van der Waals surface area contributed by atoms with Gasteiger partial charge in [0.1, 0.15) is 6.10 Å². The van der Waals surface area contributed by atoms with Crippen molar-refractivity contribution >= 4 is 17.5 Å². The molecule has 2 aliphatic heterocycles. The van der Waals surface area contributed by atoms with E-state index in [0.717, 1.165) is 32.1 Å². The Morgan fingerprint density at radius 1 is 1.29 bits per heavy atom. The molecule has 1 N–H and O–H groups in total. The lowest BCUT2D eigenvalue weighted by Gasteiger charge is -2.37. The molecule has 1 atom stereocenters. The molecule has 0 aromatic rings. The fraction of sp³-hybridized carbons (Fsp3) is 0.917. The van der Waals surface area contributed by atoms with Crippen LogP contribution in [0.3, 0.4) is 0 Å². The molecule has 2 rings (SSSR count). The molecular weight excluding hydrogens is 242 g/mol. The number of amides is 1. The number of hydrogen-bond donors (Lipinski definition) is 1. The van der Waals surface area contributed by atoms with Gasteiger partial charge in [-0.25, -0.2) is 0 Å². The Morgan fingerprint density at radius 3 is 2.65 bits per heavy atom. The van der Waals surface area contributed by atoms with Crippen molar-refractivity contribution < 1.29 is 14.3 Å². The predicted octanol–water partition coefficient (Wildman–Crippen LogP) is 1.46. The van der Waals surface area contributed by atoms with Gasteiger partial charge in [-0.2, -0.15) is 0 Å². The first-order valence-corrected chi connectivity index (χ1v) is 6.87. The highest BCUT2D eigenvalue weighted by molar-refractivity contribution is 6.18. The van der Waals surface area contributed by atoms with E-state index in [4.69, 9.17) is 21.1 Å². The van der Waals surface area contributed by atoms with E-state index >= 15 is 0 Å². The molecular formula is C12H20ClNO3. The number of rotatable bonds is 3. The summed E-state index contributed by atoms with van der Waals surface area (Å²) in [5, 5.41) is 3.08. The third-order valence-electron chi connectivity index (χ3n) is 3.57. The normalized spacial score (nSPS) is 28.6. The summed E-state index contributed by atoms with van der Waals surface area (Å²) in [6.45, 7) is 2.02. The highest BCUT2D eigenvalue weighted by Crippen LogP contribution is 2.23. The van der Waals surface area contributed by atoms with E-state index < -0.39 is 0 Å². The lowest BCUT2D eigenvalue weighted by Crippen LogP contribution is -2.56. The number of nitrogens with one attached hydrogen (secondary N) is 1. The molecule has 98 valence electrons. The van der Waals surface area contributed by atoms with Crippen LogP contribution >= 0.6 is 11.6 Å². The average Bonchev–Trinajstić information content (AvgIpc) is 2.41. The fourth-order valence-corrected chi connectivity index (χ4v) is 2.68. The van der Waals surface area contributed by atoms with Crippen molar-refractivity contribution in [3.05, 3.63) is 0 Å². The molecule has 0 aliphatic carbocycles. The summed E-state index contributed by atoms with van der Waals surface area (Å²) in [6, 6.07) is 0. The molecule has 2 saturated heterocycles. The van der Waals surface area contributed by atoms with Crippen LogP contribution in [0, 0.1) is 0 Å². The quantitative estimate of drug-likeness (QED) is 0.783. The predicted molar refractivity (Wildman–Crippen MR) is 65.2 cm³/mol. The van der Waals surface area contributed by atoms with Gasteiger partial charge in [-0.05, 0) is 32.1 Å². The second-order valence-corrected chi connectivity index (χ2v) is 5.14. The monoisotopic (exact) mass is 261 g/mol. The molecule has 0 bridgehead atoms. The van der Waals surface area contributed by atoms with Gasteiger partial charge >= 0.3 is 0 Å². The van der Waals surface area contributed by atoms with Crippen LogP contribution in [0.4, 0.5) is 0 Å². The van der Waals surface area contributed by atoms with E-state index in [9.17, 15) is 4.79 Å². The first-order chi connectivity index (χ1) is 8.26. The Bertz CT molecular complexity index is 260. The first-order valence-electron chi connectivity index (χ1n) is 6.33. The molecule has 0 saturated carbocycles. The van der Waals surface area contributed by atoms with Crippen molar-refractivity contribution in [2.24, 2.45) is 0 Å². The Hall–Kier alpha value is -0.320. The molecule has 2 heterocycles. The molecule has 5 heteroatoms. The second kappa shape index (κ2) is 6.03. The van der Waals surface area contributed by atoms with Gasteiger partial charge < -0.3 is 14.8 Å². The molecule has 1 amide bonds. The highest BCUT2D eigenvalue weighted by Gasteiger charge is 2.35. The standard InChI is InChI=1S/C12H20ClNO3/c13-9-12(4-7-16-8-5-12)14-11(15)10-3-1-2-6-17-10/h10H,1-9H2,(H,14,15). The van der Waals surface area contributed by atoms with Gasteiger partial charge in [-0.1, -0.05) is 0 Å². The molecule has 0 aromatic carbocycles. The van der Waals surface area contributed by atoms with Crippen LogP contribution in [-0.4, -0.2) is 43.3 Å². The second-order valence-electron chi connectivity index (χ2n) is 4.87. The Balaban J connectivity index is 1.90. The van der Waals surface area contributed by atoms with Crippen molar-refractivity contribution in [2.75, 3.05) is 25.7 Å². The summed E-state index contributed by atoms with van der Waals surface area (Å²) >= 11 is 6.01. The minimum Gasteiger partial charge on any atom is -0.381 e. The largest absolute Gasteiger partial charge is 0.381 e. The van der Waals surface area contributed by atoms with Crippen LogP contribution < -0.4 is 5.32 Å². The average molecular weight is 262 g/mol. The zero-order valence-electron chi connectivity index (χ0n) is 10.0. The topological polar surface area (TPSA) is 47.6 Å². The van der Waals surface area contributed by atoms with Gasteiger partial charge in [0.25, 0.3) is 0 Å². The minimum absolute atomic E-state index is 0.00718. The summed E-state index contributed by atoms with van der Waals surface area (Å²) in [5.74, 6) is 0.432. The van der Waals surface area contributed by atoms with E-state index in [1.165, 1.54) is 0 Å². The maximum Gasteiger partial charge on any atom is 0.249 e. The molecule has 2 aliphatic rings. The zero-order chi connectivity index (χ0) is 12.1. The minimum atomic E-state index is -0.294. The first kappa shape index (κ1) is 13.1. The number of hydrogen-bond acceptors (Lipinski definition) is 3. The smallest absolute Gasteiger partial charge is 0.249 e. The van der Waals surface area contributed by atoms with E-state index in [2.05, 4.69) is 5.32 Å². The van der Waals surface area contributed by atoms with E-state index in [1.807, 2.05) is 0 Å². The number of alkyl halides is 1. The maximum atomic E-state index is 12.1. The van der Waals surface area contributed by atoms with Crippen LogP contribution in [0.15, 0.2) is 0 Å². The summed E-state index contributed by atoms with van der Waals surface area (Å²) < 4.78 is 10.8. The van der Waals surface area contributed by atoms with E-state index in [0.29, 0.717) is 25.7 Å². The van der Waals surface area contributed by atoms with Crippen molar-refractivity contribution in [2.45, 2.75) is 43.7 Å². The molecule has 2 fully saturated rings. The van der Waals surface area contributed by atoms with Gasteiger partial charge in [-0.15, -0.1) is 11.6 Å². The fourth-order valence-electron chi connectivity index (χ4n) is 2.34. The molecule has 0 spiro atoms. The van der Waals surface area contributed by atoms with Gasteiger partial charge in [0, 0.05) is 25.7 Å². The lowest BCUT2D eigenvalue weighted by atomic mass is 9.91. The van der Waals surface area contributed by atoms with Gasteiger partial charge in [0.15, 0.2) is 0 Å². The maximum absolute atomic E-state index is 12.1. The molecule has 17 heavy (non-hydrogen) atoms. The van der Waals surface area contributed by atoms with Crippen LogP contribution in [0.25, 0.3) is 0 Å². The number of ether oxygens (including phenoxy) is 2. The van der Waals surface area contributed by atoms with Crippen molar-refractivity contribution in [3.8, 4) is 0 Å².